The molecule has 1 unspecified atom stereocenters. The van der Waals surface area contributed by atoms with Crippen LogP contribution in [0.4, 0.5) is 0 Å². The summed E-state index contributed by atoms with van der Waals surface area (Å²) in [6, 6.07) is 8.71. The number of nitrogens with two attached hydrogens (primary N) is 1. The Morgan fingerprint density at radius 3 is 2.37 bits per heavy atom. The van der Waals surface area contributed by atoms with Gasteiger partial charge in [-0.05, 0) is 11.0 Å². The Morgan fingerprint density at radius 2 is 1.84 bits per heavy atom. The Hall–Kier alpha value is -1.19. The lowest BCUT2D eigenvalue weighted by Crippen LogP contribution is -2.10. The standard InChI is InChI=1S/C16H22N2S/c1-11(9-17)15-18-14(10-19-15)12-5-7-13(8-6-12)16(2,3)4/h5-8,10-11H,9,17H2,1-4H3. The van der Waals surface area contributed by atoms with Crippen LogP contribution in [0.5, 0.6) is 0 Å². The predicted octanol–water partition coefficient (Wildman–Crippen LogP) is 4.17. The van der Waals surface area contributed by atoms with Gasteiger partial charge < -0.3 is 5.73 Å². The number of aromatic nitrogens is 1. The predicted molar refractivity (Wildman–Crippen MR) is 83.7 cm³/mol. The zero-order valence-corrected chi connectivity index (χ0v) is 12.9. The molecule has 1 aromatic carbocycles. The van der Waals surface area contributed by atoms with Gasteiger partial charge in [-0.25, -0.2) is 4.98 Å². The van der Waals surface area contributed by atoms with Gasteiger partial charge in [0.15, 0.2) is 0 Å². The summed E-state index contributed by atoms with van der Waals surface area (Å²) in [5.41, 5.74) is 9.47. The highest BCUT2D eigenvalue weighted by Crippen LogP contribution is 2.28. The van der Waals surface area contributed by atoms with Gasteiger partial charge in [0.25, 0.3) is 0 Å². The van der Waals surface area contributed by atoms with Gasteiger partial charge in [0.2, 0.25) is 0 Å². The van der Waals surface area contributed by atoms with E-state index in [2.05, 4.69) is 62.3 Å². The minimum atomic E-state index is 0.194. The van der Waals surface area contributed by atoms with Crippen molar-refractivity contribution in [3.63, 3.8) is 0 Å². The second kappa shape index (κ2) is 5.43. The molecule has 0 saturated carbocycles. The van der Waals surface area contributed by atoms with Crippen LogP contribution < -0.4 is 5.73 Å². The Labute approximate surface area is 119 Å². The van der Waals surface area contributed by atoms with Crippen molar-refractivity contribution < 1.29 is 0 Å². The number of nitrogens with zero attached hydrogens (tertiary/aromatic N) is 1. The van der Waals surface area contributed by atoms with Crippen LogP contribution in [-0.2, 0) is 5.41 Å². The Balaban J connectivity index is 2.25. The molecule has 0 amide bonds. The maximum atomic E-state index is 5.69. The minimum Gasteiger partial charge on any atom is -0.330 e. The van der Waals surface area contributed by atoms with Crippen LogP contribution in [0.1, 0.15) is 44.2 Å². The smallest absolute Gasteiger partial charge is 0.0973 e. The summed E-state index contributed by atoms with van der Waals surface area (Å²) in [4.78, 5) is 4.68. The maximum absolute atomic E-state index is 5.69. The van der Waals surface area contributed by atoms with Crippen LogP contribution in [0.15, 0.2) is 29.6 Å². The molecular formula is C16H22N2S. The average Bonchev–Trinajstić information content (AvgIpc) is 2.86. The molecule has 1 atom stereocenters. The molecule has 0 bridgehead atoms. The third-order valence-electron chi connectivity index (χ3n) is 3.34. The second-order valence-electron chi connectivity index (χ2n) is 6.04. The quantitative estimate of drug-likeness (QED) is 0.912. The Bertz CT molecular complexity index is 535. The van der Waals surface area contributed by atoms with E-state index in [0.29, 0.717) is 12.5 Å². The van der Waals surface area contributed by atoms with E-state index in [9.17, 15) is 0 Å². The summed E-state index contributed by atoms with van der Waals surface area (Å²) >= 11 is 1.70. The average molecular weight is 274 g/mol. The van der Waals surface area contributed by atoms with Crippen LogP contribution in [-0.4, -0.2) is 11.5 Å². The maximum Gasteiger partial charge on any atom is 0.0973 e. The van der Waals surface area contributed by atoms with E-state index >= 15 is 0 Å². The van der Waals surface area contributed by atoms with Crippen molar-refractivity contribution in [1.82, 2.24) is 4.98 Å². The Morgan fingerprint density at radius 1 is 1.21 bits per heavy atom. The fraction of sp³-hybridized carbons (Fsp3) is 0.438. The molecule has 0 spiro atoms. The van der Waals surface area contributed by atoms with Gasteiger partial charge in [0.05, 0.1) is 10.7 Å². The lowest BCUT2D eigenvalue weighted by atomic mass is 9.86. The summed E-state index contributed by atoms with van der Waals surface area (Å²) in [6.45, 7) is 9.45. The van der Waals surface area contributed by atoms with Crippen LogP contribution >= 0.6 is 11.3 Å². The van der Waals surface area contributed by atoms with Gasteiger partial charge in [-0.2, -0.15) is 0 Å². The molecule has 0 aliphatic carbocycles. The van der Waals surface area contributed by atoms with Crippen molar-refractivity contribution in [3.8, 4) is 11.3 Å². The van der Waals surface area contributed by atoms with Crippen LogP contribution in [0.3, 0.4) is 0 Å². The third-order valence-corrected chi connectivity index (χ3v) is 4.42. The number of benzene rings is 1. The SMILES string of the molecule is CC(CN)c1nc(-c2ccc(C(C)(C)C)cc2)cs1. The van der Waals surface area contributed by atoms with Gasteiger partial charge in [-0.3, -0.25) is 0 Å². The van der Waals surface area contributed by atoms with Gasteiger partial charge >= 0.3 is 0 Å². The highest BCUT2D eigenvalue weighted by molar-refractivity contribution is 7.10. The first-order chi connectivity index (χ1) is 8.91. The molecule has 1 aromatic heterocycles. The lowest BCUT2D eigenvalue weighted by Gasteiger charge is -2.18. The van der Waals surface area contributed by atoms with Crippen LogP contribution in [0, 0.1) is 0 Å². The van der Waals surface area contributed by atoms with Crippen molar-refractivity contribution in [3.05, 3.63) is 40.2 Å². The van der Waals surface area contributed by atoms with E-state index in [4.69, 9.17) is 5.73 Å². The monoisotopic (exact) mass is 274 g/mol. The van der Waals surface area contributed by atoms with Crippen molar-refractivity contribution in [2.24, 2.45) is 5.73 Å². The normalized spacial score (nSPS) is 13.5. The zero-order valence-electron chi connectivity index (χ0n) is 12.1. The van der Waals surface area contributed by atoms with E-state index in [1.54, 1.807) is 11.3 Å². The highest BCUT2D eigenvalue weighted by atomic mass is 32.1. The molecule has 0 fully saturated rings. The van der Waals surface area contributed by atoms with Crippen molar-refractivity contribution in [2.75, 3.05) is 6.54 Å². The Kier molecular flexibility index (Phi) is 4.07. The number of hydrogen-bond acceptors (Lipinski definition) is 3. The van der Waals surface area contributed by atoms with Crippen molar-refractivity contribution in [1.29, 1.82) is 0 Å². The first-order valence-corrected chi connectivity index (χ1v) is 7.56. The largest absolute Gasteiger partial charge is 0.330 e. The zero-order chi connectivity index (χ0) is 14.0. The molecule has 2 rings (SSSR count). The first-order valence-electron chi connectivity index (χ1n) is 6.68. The minimum absolute atomic E-state index is 0.194. The fourth-order valence-electron chi connectivity index (χ4n) is 1.89. The third kappa shape index (κ3) is 3.23. The van der Waals surface area contributed by atoms with Crippen LogP contribution in [0.25, 0.3) is 11.3 Å². The summed E-state index contributed by atoms with van der Waals surface area (Å²) in [7, 11) is 0. The fourth-order valence-corrected chi connectivity index (χ4v) is 2.79. The molecule has 19 heavy (non-hydrogen) atoms. The molecule has 2 N–H and O–H groups in total. The number of thiazole rings is 1. The highest BCUT2D eigenvalue weighted by Gasteiger charge is 2.14. The number of hydrogen-bond donors (Lipinski definition) is 1. The topological polar surface area (TPSA) is 38.9 Å². The number of rotatable bonds is 3. The summed E-state index contributed by atoms with van der Waals surface area (Å²) in [6.07, 6.45) is 0. The van der Waals surface area contributed by atoms with E-state index in [-0.39, 0.29) is 5.41 Å². The molecule has 0 radical (unpaired) electrons. The van der Waals surface area contributed by atoms with Gasteiger partial charge in [-0.15, -0.1) is 11.3 Å². The summed E-state index contributed by atoms with van der Waals surface area (Å²) < 4.78 is 0. The lowest BCUT2D eigenvalue weighted by molar-refractivity contribution is 0.590. The molecule has 0 saturated heterocycles. The van der Waals surface area contributed by atoms with E-state index in [1.165, 1.54) is 11.1 Å². The van der Waals surface area contributed by atoms with Crippen LogP contribution in [0.2, 0.25) is 0 Å². The molecule has 1 heterocycles. The second-order valence-corrected chi connectivity index (χ2v) is 6.92. The van der Waals surface area contributed by atoms with Gasteiger partial charge in [-0.1, -0.05) is 52.0 Å². The summed E-state index contributed by atoms with van der Waals surface area (Å²) in [5, 5.41) is 3.24. The van der Waals surface area contributed by atoms with Gasteiger partial charge in [0.1, 0.15) is 0 Å². The van der Waals surface area contributed by atoms with Crippen molar-refractivity contribution >= 4 is 11.3 Å². The molecule has 3 heteroatoms. The van der Waals surface area contributed by atoms with E-state index < -0.39 is 0 Å². The summed E-state index contributed by atoms with van der Waals surface area (Å²) in [5.74, 6) is 0.340. The van der Waals surface area contributed by atoms with Crippen molar-refractivity contribution in [2.45, 2.75) is 39.0 Å². The first kappa shape index (κ1) is 14.2. The molecular weight excluding hydrogens is 252 g/mol. The van der Waals surface area contributed by atoms with E-state index in [0.717, 1.165) is 10.7 Å². The molecule has 2 aromatic rings. The van der Waals surface area contributed by atoms with Gasteiger partial charge in [0, 0.05) is 23.4 Å². The molecule has 0 aliphatic rings. The molecule has 102 valence electrons. The molecule has 2 nitrogen and oxygen atoms in total. The molecule has 0 aliphatic heterocycles. The van der Waals surface area contributed by atoms with E-state index in [1.807, 2.05) is 0 Å².